The molecule has 0 saturated carbocycles. The molecule has 100 valence electrons. The van der Waals surface area contributed by atoms with Crippen molar-refractivity contribution < 1.29 is 9.90 Å². The van der Waals surface area contributed by atoms with Crippen molar-refractivity contribution in [2.75, 3.05) is 11.4 Å². The lowest BCUT2D eigenvalue weighted by Gasteiger charge is -2.29. The molecule has 2 rings (SSSR count). The molecule has 0 spiro atoms. The second kappa shape index (κ2) is 5.56. The fourth-order valence-corrected chi connectivity index (χ4v) is 2.05. The minimum absolute atomic E-state index is 0.0416. The number of aromatic nitrogens is 2. The number of anilines is 1. The van der Waals surface area contributed by atoms with Crippen LogP contribution in [0.5, 0.6) is 0 Å². The molecule has 0 aliphatic carbocycles. The number of aliphatic carboxylic acids is 1. The zero-order valence-corrected chi connectivity index (χ0v) is 11.0. The third kappa shape index (κ3) is 3.13. The van der Waals surface area contributed by atoms with Crippen molar-refractivity contribution in [3.63, 3.8) is 0 Å². The van der Waals surface area contributed by atoms with Crippen LogP contribution in [0.15, 0.2) is 42.7 Å². The number of hydrogen-bond donors (Lipinski definition) is 1. The summed E-state index contributed by atoms with van der Waals surface area (Å²) in [4.78, 5) is 12.9. The molecular formula is C14H17N3O2. The second-order valence-corrected chi connectivity index (χ2v) is 4.48. The highest BCUT2D eigenvalue weighted by molar-refractivity contribution is 5.74. The van der Waals surface area contributed by atoms with Crippen molar-refractivity contribution in [2.24, 2.45) is 7.05 Å². The quantitative estimate of drug-likeness (QED) is 0.893. The summed E-state index contributed by atoms with van der Waals surface area (Å²) in [7, 11) is 1.85. The molecule has 5 heteroatoms. The standard InChI is InChI=1S/C14H17N3O2/c1-11(12-8-15-16(2)9-12)17(10-14(18)19)13-6-4-3-5-7-13/h3-9,11H,10H2,1-2H3,(H,18,19). The minimum atomic E-state index is -0.848. The van der Waals surface area contributed by atoms with Crippen LogP contribution >= 0.6 is 0 Å². The van der Waals surface area contributed by atoms with Gasteiger partial charge in [0.15, 0.2) is 0 Å². The highest BCUT2D eigenvalue weighted by Gasteiger charge is 2.19. The first kappa shape index (κ1) is 13.1. The third-order valence-electron chi connectivity index (χ3n) is 3.07. The molecule has 0 amide bonds. The first-order valence-corrected chi connectivity index (χ1v) is 6.10. The maximum atomic E-state index is 11.1. The van der Waals surface area contributed by atoms with Gasteiger partial charge in [-0.25, -0.2) is 0 Å². The summed E-state index contributed by atoms with van der Waals surface area (Å²) in [6, 6.07) is 9.50. The molecule has 0 fully saturated rings. The lowest BCUT2D eigenvalue weighted by Crippen LogP contribution is -2.32. The summed E-state index contributed by atoms with van der Waals surface area (Å²) in [5.74, 6) is -0.848. The van der Waals surface area contributed by atoms with E-state index in [9.17, 15) is 4.79 Å². The summed E-state index contributed by atoms with van der Waals surface area (Å²) in [5.41, 5.74) is 1.88. The van der Waals surface area contributed by atoms with E-state index in [4.69, 9.17) is 5.11 Å². The van der Waals surface area contributed by atoms with Crippen molar-refractivity contribution >= 4 is 11.7 Å². The van der Waals surface area contributed by atoms with Gasteiger partial charge in [0.2, 0.25) is 0 Å². The normalized spacial score (nSPS) is 12.1. The van der Waals surface area contributed by atoms with Gasteiger partial charge in [-0.15, -0.1) is 0 Å². The number of carboxylic acid groups (broad SMARTS) is 1. The number of carbonyl (C=O) groups is 1. The van der Waals surface area contributed by atoms with Gasteiger partial charge in [0, 0.05) is 24.5 Å². The number of rotatable bonds is 5. The first-order valence-electron chi connectivity index (χ1n) is 6.10. The van der Waals surface area contributed by atoms with Gasteiger partial charge in [0.1, 0.15) is 6.54 Å². The van der Waals surface area contributed by atoms with Crippen LogP contribution in [0.3, 0.4) is 0 Å². The van der Waals surface area contributed by atoms with E-state index in [1.54, 1.807) is 10.9 Å². The number of aryl methyl sites for hydroxylation is 1. The van der Waals surface area contributed by atoms with Crippen LogP contribution in [0.2, 0.25) is 0 Å². The topological polar surface area (TPSA) is 58.4 Å². The van der Waals surface area contributed by atoms with Crippen LogP contribution in [0, 0.1) is 0 Å². The lowest BCUT2D eigenvalue weighted by molar-refractivity contribution is -0.135. The van der Waals surface area contributed by atoms with Gasteiger partial charge in [-0.2, -0.15) is 5.10 Å². The average molecular weight is 259 g/mol. The van der Waals surface area contributed by atoms with Crippen molar-refractivity contribution in [3.8, 4) is 0 Å². The fourth-order valence-electron chi connectivity index (χ4n) is 2.05. The summed E-state index contributed by atoms with van der Waals surface area (Å²) < 4.78 is 1.72. The Morgan fingerprint density at radius 3 is 2.63 bits per heavy atom. The van der Waals surface area contributed by atoms with Crippen LogP contribution in [0.25, 0.3) is 0 Å². The highest BCUT2D eigenvalue weighted by atomic mass is 16.4. The fraction of sp³-hybridized carbons (Fsp3) is 0.286. The van der Waals surface area contributed by atoms with E-state index in [0.717, 1.165) is 11.3 Å². The number of nitrogens with zero attached hydrogens (tertiary/aromatic N) is 3. The van der Waals surface area contributed by atoms with Gasteiger partial charge in [0.25, 0.3) is 0 Å². The second-order valence-electron chi connectivity index (χ2n) is 4.48. The zero-order chi connectivity index (χ0) is 13.8. The van der Waals surface area contributed by atoms with Crippen molar-refractivity contribution in [3.05, 3.63) is 48.3 Å². The number of para-hydroxylation sites is 1. The molecule has 0 saturated heterocycles. The smallest absolute Gasteiger partial charge is 0.323 e. The Balaban J connectivity index is 2.30. The Bertz CT molecular complexity index is 551. The van der Waals surface area contributed by atoms with Gasteiger partial charge in [-0.1, -0.05) is 18.2 Å². The number of benzene rings is 1. The molecule has 1 heterocycles. The first-order chi connectivity index (χ1) is 9.08. The molecule has 1 unspecified atom stereocenters. The van der Waals surface area contributed by atoms with E-state index in [-0.39, 0.29) is 12.6 Å². The van der Waals surface area contributed by atoms with E-state index >= 15 is 0 Å². The Morgan fingerprint density at radius 2 is 2.11 bits per heavy atom. The molecule has 5 nitrogen and oxygen atoms in total. The maximum absolute atomic E-state index is 11.1. The monoisotopic (exact) mass is 259 g/mol. The Morgan fingerprint density at radius 1 is 1.42 bits per heavy atom. The van der Waals surface area contributed by atoms with Crippen LogP contribution in [-0.4, -0.2) is 27.4 Å². The molecule has 1 atom stereocenters. The molecule has 0 bridgehead atoms. The maximum Gasteiger partial charge on any atom is 0.323 e. The Hall–Kier alpha value is -2.30. The van der Waals surface area contributed by atoms with Crippen molar-refractivity contribution in [1.29, 1.82) is 0 Å². The van der Waals surface area contributed by atoms with E-state index in [0.29, 0.717) is 0 Å². The third-order valence-corrected chi connectivity index (χ3v) is 3.07. The largest absolute Gasteiger partial charge is 0.480 e. The SMILES string of the molecule is CC(c1cnn(C)c1)N(CC(=O)O)c1ccccc1. The average Bonchev–Trinajstić information content (AvgIpc) is 2.83. The van der Waals surface area contributed by atoms with E-state index < -0.39 is 5.97 Å². The molecule has 1 aromatic heterocycles. The van der Waals surface area contributed by atoms with Gasteiger partial charge in [-0.3, -0.25) is 9.48 Å². The molecule has 0 aliphatic heterocycles. The van der Waals surface area contributed by atoms with Crippen molar-refractivity contribution in [1.82, 2.24) is 9.78 Å². The number of carboxylic acids is 1. The highest BCUT2D eigenvalue weighted by Crippen LogP contribution is 2.25. The molecule has 2 aromatic rings. The van der Waals surface area contributed by atoms with E-state index in [1.807, 2.05) is 55.4 Å². The van der Waals surface area contributed by atoms with Crippen LogP contribution in [0.1, 0.15) is 18.5 Å². The predicted octanol–water partition coefficient (Wildman–Crippen LogP) is 2.07. The van der Waals surface area contributed by atoms with Gasteiger partial charge in [0.05, 0.1) is 12.2 Å². The van der Waals surface area contributed by atoms with Crippen molar-refractivity contribution in [2.45, 2.75) is 13.0 Å². The van der Waals surface area contributed by atoms with Gasteiger partial charge < -0.3 is 10.0 Å². The van der Waals surface area contributed by atoms with Crippen LogP contribution < -0.4 is 4.90 Å². The van der Waals surface area contributed by atoms with Crippen LogP contribution in [0.4, 0.5) is 5.69 Å². The minimum Gasteiger partial charge on any atom is -0.480 e. The van der Waals surface area contributed by atoms with Crippen LogP contribution in [-0.2, 0) is 11.8 Å². The lowest BCUT2D eigenvalue weighted by atomic mass is 10.1. The molecule has 0 aliphatic rings. The summed E-state index contributed by atoms with van der Waals surface area (Å²) in [5, 5.41) is 13.2. The summed E-state index contributed by atoms with van der Waals surface area (Å²) >= 11 is 0. The molecule has 19 heavy (non-hydrogen) atoms. The van der Waals surface area contributed by atoms with E-state index in [1.165, 1.54) is 0 Å². The molecule has 1 N–H and O–H groups in total. The molecular weight excluding hydrogens is 242 g/mol. The Kier molecular flexibility index (Phi) is 3.85. The molecule has 0 radical (unpaired) electrons. The number of hydrogen-bond acceptors (Lipinski definition) is 3. The van der Waals surface area contributed by atoms with Gasteiger partial charge >= 0.3 is 5.97 Å². The van der Waals surface area contributed by atoms with Gasteiger partial charge in [-0.05, 0) is 19.1 Å². The van der Waals surface area contributed by atoms with E-state index in [2.05, 4.69) is 5.10 Å². The summed E-state index contributed by atoms with van der Waals surface area (Å²) in [6.07, 6.45) is 3.67. The Labute approximate surface area is 112 Å². The predicted molar refractivity (Wildman–Crippen MR) is 73.0 cm³/mol. The zero-order valence-electron chi connectivity index (χ0n) is 11.0. The summed E-state index contributed by atoms with van der Waals surface area (Å²) in [6.45, 7) is 1.94. The molecule has 1 aromatic carbocycles.